The molecule has 0 aromatic carbocycles. The fourth-order valence-electron chi connectivity index (χ4n) is 2.29. The molecular formula is C14H24N2O2. The average Bonchev–Trinajstić information content (AvgIpc) is 2.28. The number of nitrogens with one attached hydrogen (secondary N) is 1. The molecule has 102 valence electrons. The summed E-state index contributed by atoms with van der Waals surface area (Å²) in [7, 11) is 0. The van der Waals surface area contributed by atoms with E-state index in [0.717, 1.165) is 5.57 Å². The number of rotatable bonds is 3. The first-order chi connectivity index (χ1) is 8.20. The second-order valence-electron chi connectivity index (χ2n) is 6.00. The Bertz CT molecular complexity index is 380. The van der Waals surface area contributed by atoms with Gasteiger partial charge in [0.15, 0.2) is 0 Å². The minimum Gasteiger partial charge on any atom is -0.381 e. The summed E-state index contributed by atoms with van der Waals surface area (Å²) in [5.74, 6) is 5.07. The normalized spacial score (nSPS) is 27.9. The first-order valence-corrected chi connectivity index (χ1v) is 6.31. The molecule has 0 aliphatic heterocycles. The lowest BCUT2D eigenvalue weighted by molar-refractivity contribution is -0.121. The van der Waals surface area contributed by atoms with E-state index in [9.17, 15) is 9.90 Å². The van der Waals surface area contributed by atoms with E-state index in [0.29, 0.717) is 12.8 Å². The van der Waals surface area contributed by atoms with Gasteiger partial charge in [-0.25, -0.2) is 5.84 Å². The van der Waals surface area contributed by atoms with Crippen molar-refractivity contribution >= 4 is 5.91 Å². The Kier molecular flexibility index (Phi) is 4.35. The summed E-state index contributed by atoms with van der Waals surface area (Å²) in [6.45, 7) is 7.97. The number of hydrogen-bond acceptors (Lipinski definition) is 3. The molecule has 0 bridgehead atoms. The van der Waals surface area contributed by atoms with Crippen molar-refractivity contribution in [3.8, 4) is 0 Å². The van der Waals surface area contributed by atoms with Crippen LogP contribution >= 0.6 is 0 Å². The van der Waals surface area contributed by atoms with Gasteiger partial charge < -0.3 is 5.11 Å². The van der Waals surface area contributed by atoms with Crippen molar-refractivity contribution < 1.29 is 9.90 Å². The van der Waals surface area contributed by atoms with Crippen LogP contribution in [0.4, 0.5) is 0 Å². The summed E-state index contributed by atoms with van der Waals surface area (Å²) >= 11 is 0. The standard InChI is InChI=1S/C14H24N2O2/c1-10-9-11(5-6-12(17)16-15)7-8-14(10,18)13(2,3)4/h7-9,11,18H,5-6,15H2,1-4H3,(H,16,17). The Morgan fingerprint density at radius 3 is 2.61 bits per heavy atom. The molecule has 0 aromatic rings. The molecule has 1 amide bonds. The predicted molar refractivity (Wildman–Crippen MR) is 72.4 cm³/mol. The minimum absolute atomic E-state index is 0.161. The van der Waals surface area contributed by atoms with Gasteiger partial charge >= 0.3 is 0 Å². The van der Waals surface area contributed by atoms with Crippen LogP contribution in [0.2, 0.25) is 0 Å². The second-order valence-corrected chi connectivity index (χ2v) is 6.00. The zero-order valence-corrected chi connectivity index (χ0v) is 11.7. The molecular weight excluding hydrogens is 228 g/mol. The van der Waals surface area contributed by atoms with Gasteiger partial charge in [-0.1, -0.05) is 39.0 Å². The van der Waals surface area contributed by atoms with Gasteiger partial charge in [0, 0.05) is 6.42 Å². The smallest absolute Gasteiger partial charge is 0.233 e. The summed E-state index contributed by atoms with van der Waals surface area (Å²) in [6, 6.07) is 0. The van der Waals surface area contributed by atoms with E-state index in [1.54, 1.807) is 0 Å². The number of hydrazine groups is 1. The van der Waals surface area contributed by atoms with Crippen molar-refractivity contribution in [1.82, 2.24) is 5.43 Å². The molecule has 0 aromatic heterocycles. The highest BCUT2D eigenvalue weighted by Gasteiger charge is 2.40. The highest BCUT2D eigenvalue weighted by molar-refractivity contribution is 5.75. The number of carbonyl (C=O) groups excluding carboxylic acids is 1. The van der Waals surface area contributed by atoms with Crippen LogP contribution in [0.1, 0.15) is 40.5 Å². The Morgan fingerprint density at radius 1 is 1.56 bits per heavy atom. The first-order valence-electron chi connectivity index (χ1n) is 6.31. The van der Waals surface area contributed by atoms with Crippen LogP contribution < -0.4 is 11.3 Å². The van der Waals surface area contributed by atoms with Crippen LogP contribution in [-0.4, -0.2) is 16.6 Å². The van der Waals surface area contributed by atoms with Crippen LogP contribution in [-0.2, 0) is 4.79 Å². The maximum atomic E-state index is 11.1. The molecule has 2 unspecified atom stereocenters. The van der Waals surface area contributed by atoms with Crippen molar-refractivity contribution in [2.24, 2.45) is 17.2 Å². The molecule has 1 aliphatic carbocycles. The predicted octanol–water partition coefficient (Wildman–Crippen LogP) is 1.67. The molecule has 4 nitrogen and oxygen atoms in total. The third-order valence-electron chi connectivity index (χ3n) is 3.66. The maximum absolute atomic E-state index is 11.1. The topological polar surface area (TPSA) is 75.4 Å². The zero-order chi connectivity index (χ0) is 14.0. The van der Waals surface area contributed by atoms with E-state index in [-0.39, 0.29) is 17.2 Å². The number of nitrogens with two attached hydrogens (primary N) is 1. The fraction of sp³-hybridized carbons (Fsp3) is 0.643. The van der Waals surface area contributed by atoms with E-state index < -0.39 is 5.60 Å². The Labute approximate surface area is 109 Å². The van der Waals surface area contributed by atoms with E-state index in [1.165, 1.54) is 0 Å². The molecule has 0 radical (unpaired) electrons. The molecule has 18 heavy (non-hydrogen) atoms. The van der Waals surface area contributed by atoms with Crippen molar-refractivity contribution in [3.05, 3.63) is 23.8 Å². The molecule has 0 saturated carbocycles. The summed E-state index contributed by atoms with van der Waals surface area (Å²) in [6.07, 6.45) is 6.96. The monoisotopic (exact) mass is 252 g/mol. The van der Waals surface area contributed by atoms with Gasteiger partial charge in [-0.15, -0.1) is 0 Å². The number of amides is 1. The molecule has 1 aliphatic rings. The molecule has 1 rings (SSSR count). The lowest BCUT2D eigenvalue weighted by atomic mass is 9.69. The Balaban J connectivity index is 2.73. The number of aliphatic hydroxyl groups is 1. The quantitative estimate of drug-likeness (QED) is 0.309. The summed E-state index contributed by atoms with van der Waals surface area (Å²) in [5.41, 5.74) is 1.91. The molecule has 2 atom stereocenters. The minimum atomic E-state index is -0.903. The number of allylic oxidation sites excluding steroid dienone is 2. The Morgan fingerprint density at radius 2 is 2.17 bits per heavy atom. The lowest BCUT2D eigenvalue weighted by Gasteiger charge is -2.41. The van der Waals surface area contributed by atoms with Gasteiger partial charge in [0.2, 0.25) is 5.91 Å². The molecule has 0 heterocycles. The summed E-state index contributed by atoms with van der Waals surface area (Å²) < 4.78 is 0. The van der Waals surface area contributed by atoms with Crippen molar-refractivity contribution in [2.45, 2.75) is 46.1 Å². The molecule has 4 N–H and O–H groups in total. The van der Waals surface area contributed by atoms with Gasteiger partial charge in [-0.3, -0.25) is 10.2 Å². The Hall–Kier alpha value is -1.13. The van der Waals surface area contributed by atoms with Gasteiger partial charge in [0.1, 0.15) is 5.60 Å². The maximum Gasteiger partial charge on any atom is 0.233 e. The molecule has 0 spiro atoms. The first kappa shape index (κ1) is 14.9. The number of hydrogen-bond donors (Lipinski definition) is 3. The van der Waals surface area contributed by atoms with E-state index in [4.69, 9.17) is 5.84 Å². The van der Waals surface area contributed by atoms with Gasteiger partial charge in [0.25, 0.3) is 0 Å². The largest absolute Gasteiger partial charge is 0.381 e. The molecule has 4 heteroatoms. The van der Waals surface area contributed by atoms with E-state index >= 15 is 0 Å². The van der Waals surface area contributed by atoms with Crippen LogP contribution in [0.15, 0.2) is 23.8 Å². The van der Waals surface area contributed by atoms with E-state index in [2.05, 4.69) is 5.43 Å². The van der Waals surface area contributed by atoms with Crippen molar-refractivity contribution in [1.29, 1.82) is 0 Å². The van der Waals surface area contributed by atoms with Crippen LogP contribution in [0.5, 0.6) is 0 Å². The third-order valence-corrected chi connectivity index (χ3v) is 3.66. The third kappa shape index (κ3) is 3.00. The lowest BCUT2D eigenvalue weighted by Crippen LogP contribution is -2.43. The van der Waals surface area contributed by atoms with Gasteiger partial charge in [0.05, 0.1) is 0 Å². The number of carbonyl (C=O) groups is 1. The van der Waals surface area contributed by atoms with Crippen molar-refractivity contribution in [2.75, 3.05) is 0 Å². The van der Waals surface area contributed by atoms with Crippen LogP contribution in [0.3, 0.4) is 0 Å². The van der Waals surface area contributed by atoms with E-state index in [1.807, 2.05) is 45.9 Å². The fourth-order valence-corrected chi connectivity index (χ4v) is 2.29. The summed E-state index contributed by atoms with van der Waals surface area (Å²) in [4.78, 5) is 11.1. The second kappa shape index (κ2) is 5.24. The molecule has 0 fully saturated rings. The SMILES string of the molecule is CC1=CC(CCC(=O)NN)C=CC1(O)C(C)(C)C. The van der Waals surface area contributed by atoms with Crippen LogP contribution in [0, 0.1) is 11.3 Å². The van der Waals surface area contributed by atoms with Gasteiger partial charge in [-0.2, -0.15) is 0 Å². The van der Waals surface area contributed by atoms with Crippen LogP contribution in [0.25, 0.3) is 0 Å². The van der Waals surface area contributed by atoms with Crippen molar-refractivity contribution in [3.63, 3.8) is 0 Å². The highest BCUT2D eigenvalue weighted by Crippen LogP contribution is 2.40. The molecule has 0 saturated heterocycles. The highest BCUT2D eigenvalue weighted by atomic mass is 16.3. The zero-order valence-electron chi connectivity index (χ0n) is 11.7. The average molecular weight is 252 g/mol. The van der Waals surface area contributed by atoms with Gasteiger partial charge in [-0.05, 0) is 30.3 Å². The summed E-state index contributed by atoms with van der Waals surface area (Å²) in [5, 5.41) is 10.7.